The maximum atomic E-state index is 13.0. The molecule has 0 unspecified atom stereocenters. The van der Waals surface area contributed by atoms with Crippen LogP contribution in [-0.4, -0.2) is 56.2 Å². The van der Waals surface area contributed by atoms with Gasteiger partial charge in [0.05, 0.1) is 10.8 Å². The van der Waals surface area contributed by atoms with E-state index >= 15 is 0 Å². The molecule has 1 aliphatic heterocycles. The smallest absolute Gasteiger partial charge is 0.344 e. The van der Waals surface area contributed by atoms with Gasteiger partial charge in [0.15, 0.2) is 12.4 Å². The minimum absolute atomic E-state index is 0.0608. The summed E-state index contributed by atoms with van der Waals surface area (Å²) >= 11 is 0. The van der Waals surface area contributed by atoms with Gasteiger partial charge >= 0.3 is 11.9 Å². The lowest BCUT2D eigenvalue weighted by atomic mass is 9.75. The average Bonchev–Trinajstić information content (AvgIpc) is 2.82. The number of hydrogen-bond acceptors (Lipinski definition) is 7. The number of esters is 2. The van der Waals surface area contributed by atoms with Crippen molar-refractivity contribution in [2.75, 3.05) is 19.7 Å². The van der Waals surface area contributed by atoms with Crippen molar-refractivity contribution in [3.8, 4) is 0 Å². The van der Waals surface area contributed by atoms with Crippen LogP contribution >= 0.6 is 0 Å². The summed E-state index contributed by atoms with van der Waals surface area (Å²) in [5, 5.41) is 0. The second-order valence-electron chi connectivity index (χ2n) is 10.2. The predicted molar refractivity (Wildman–Crippen MR) is 130 cm³/mol. The topological polar surface area (TPSA) is 107 Å². The molecule has 1 aromatic rings. The molecule has 1 aromatic carbocycles. The van der Waals surface area contributed by atoms with Gasteiger partial charge in [0.1, 0.15) is 6.10 Å². The van der Waals surface area contributed by atoms with Gasteiger partial charge < -0.3 is 9.47 Å². The summed E-state index contributed by atoms with van der Waals surface area (Å²) in [7, 11) is -3.77. The third kappa shape index (κ3) is 6.91. The van der Waals surface area contributed by atoms with Gasteiger partial charge in [-0.25, -0.2) is 13.2 Å². The molecule has 0 spiro atoms. The zero-order chi connectivity index (χ0) is 25.8. The van der Waals surface area contributed by atoms with Crippen molar-refractivity contribution in [1.82, 2.24) is 4.31 Å². The molecule has 2 fully saturated rings. The van der Waals surface area contributed by atoms with Gasteiger partial charge in [-0.1, -0.05) is 39.3 Å². The number of piperidine rings is 1. The summed E-state index contributed by atoms with van der Waals surface area (Å²) in [6, 6.07) is 5.96. The lowest BCUT2D eigenvalue weighted by molar-refractivity contribution is -0.169. The summed E-state index contributed by atoms with van der Waals surface area (Å²) < 4.78 is 38.2. The fourth-order valence-electron chi connectivity index (χ4n) is 5.06. The Morgan fingerprint density at radius 2 is 1.77 bits per heavy atom. The molecule has 0 amide bonds. The zero-order valence-electron chi connectivity index (χ0n) is 21.1. The van der Waals surface area contributed by atoms with Crippen LogP contribution in [0.15, 0.2) is 29.2 Å². The lowest BCUT2D eigenvalue weighted by Gasteiger charge is -2.36. The Kier molecular flexibility index (Phi) is 9.10. The fourth-order valence-corrected chi connectivity index (χ4v) is 6.57. The summed E-state index contributed by atoms with van der Waals surface area (Å²) in [6.45, 7) is 7.70. The quantitative estimate of drug-likeness (QED) is 0.389. The second kappa shape index (κ2) is 11.6. The maximum absolute atomic E-state index is 13.0. The minimum atomic E-state index is -3.77. The minimum Gasteiger partial charge on any atom is -0.460 e. The molecular formula is C26H37NO7S. The van der Waals surface area contributed by atoms with Crippen molar-refractivity contribution in [3.05, 3.63) is 29.8 Å². The Balaban J connectivity index is 1.49. The van der Waals surface area contributed by atoms with Gasteiger partial charge in [0.25, 0.3) is 0 Å². The molecular weight excluding hydrogens is 470 g/mol. The van der Waals surface area contributed by atoms with E-state index in [1.165, 1.54) is 23.4 Å². The van der Waals surface area contributed by atoms with E-state index < -0.39 is 34.5 Å². The molecule has 8 nitrogen and oxygen atoms in total. The standard InChI is InChI=1S/C26H37NO7S/c1-17(2)23-9-8-18(3)14-24(23)34-25(29)16-33-26(30)20-10-12-27(13-11-20)35(31,32)22-7-5-6-21(15-22)19(4)28/h5-7,15,17-18,20,23-24H,8-14,16H2,1-4H3/t18-,23-,24+/m0/s1. The van der Waals surface area contributed by atoms with Gasteiger partial charge in [-0.2, -0.15) is 4.31 Å². The van der Waals surface area contributed by atoms with Crippen LogP contribution in [0.2, 0.25) is 0 Å². The third-order valence-corrected chi connectivity index (χ3v) is 9.14. The number of ketones is 1. The van der Waals surface area contributed by atoms with E-state index in [1.54, 1.807) is 12.1 Å². The number of carbonyl (C=O) groups is 3. The van der Waals surface area contributed by atoms with E-state index in [0.29, 0.717) is 36.2 Å². The maximum Gasteiger partial charge on any atom is 0.344 e. The average molecular weight is 508 g/mol. The molecule has 1 heterocycles. The van der Waals surface area contributed by atoms with E-state index in [9.17, 15) is 22.8 Å². The Hall–Kier alpha value is -2.26. The van der Waals surface area contributed by atoms with E-state index in [4.69, 9.17) is 9.47 Å². The van der Waals surface area contributed by atoms with E-state index in [-0.39, 0.29) is 29.9 Å². The van der Waals surface area contributed by atoms with Crippen molar-refractivity contribution in [3.63, 3.8) is 0 Å². The Labute approximate surface area is 208 Å². The molecule has 9 heteroatoms. The fraction of sp³-hybridized carbons (Fsp3) is 0.654. The number of nitrogens with zero attached hydrogens (tertiary/aromatic N) is 1. The molecule has 1 aliphatic carbocycles. The van der Waals surface area contributed by atoms with Crippen molar-refractivity contribution < 1.29 is 32.3 Å². The van der Waals surface area contributed by atoms with Crippen molar-refractivity contribution in [1.29, 1.82) is 0 Å². The summed E-state index contributed by atoms with van der Waals surface area (Å²) in [6.07, 6.45) is 3.43. The van der Waals surface area contributed by atoms with Gasteiger partial charge in [-0.15, -0.1) is 0 Å². The first-order chi connectivity index (χ1) is 16.5. The molecule has 0 aromatic heterocycles. The predicted octanol–water partition coefficient (Wildman–Crippen LogP) is 3.84. The number of carbonyl (C=O) groups excluding carboxylic acids is 3. The van der Waals surface area contributed by atoms with E-state index in [2.05, 4.69) is 20.8 Å². The number of Topliss-reactive ketones (excluding diaryl/α,β-unsaturated/α-hetero) is 1. The monoisotopic (exact) mass is 507 g/mol. The summed E-state index contributed by atoms with van der Waals surface area (Å²) in [5.41, 5.74) is 0.332. The highest BCUT2D eigenvalue weighted by Gasteiger charge is 2.35. The van der Waals surface area contributed by atoms with Crippen LogP contribution in [0.1, 0.15) is 70.2 Å². The first kappa shape index (κ1) is 27.3. The van der Waals surface area contributed by atoms with E-state index in [1.807, 2.05) is 0 Å². The van der Waals surface area contributed by atoms with Crippen LogP contribution < -0.4 is 0 Å². The first-order valence-corrected chi connectivity index (χ1v) is 13.9. The highest BCUT2D eigenvalue weighted by molar-refractivity contribution is 7.89. The Morgan fingerprint density at radius 3 is 2.40 bits per heavy atom. The summed E-state index contributed by atoms with van der Waals surface area (Å²) in [4.78, 5) is 36.6. The van der Waals surface area contributed by atoms with Gasteiger partial charge in [0, 0.05) is 18.7 Å². The number of ether oxygens (including phenoxy) is 2. The SMILES string of the molecule is CC(=O)c1cccc(S(=O)(=O)N2CCC(C(=O)OCC(=O)O[C@@H]3C[C@@H](C)CC[C@H]3C(C)C)CC2)c1. The molecule has 1 saturated heterocycles. The van der Waals surface area contributed by atoms with Crippen LogP contribution in [0.25, 0.3) is 0 Å². The molecule has 194 valence electrons. The van der Waals surface area contributed by atoms with Gasteiger partial charge in [0.2, 0.25) is 10.0 Å². The van der Waals surface area contributed by atoms with E-state index in [0.717, 1.165) is 19.3 Å². The van der Waals surface area contributed by atoms with Crippen LogP contribution in [0.3, 0.4) is 0 Å². The number of rotatable bonds is 8. The zero-order valence-corrected chi connectivity index (χ0v) is 21.9. The van der Waals surface area contributed by atoms with Crippen molar-refractivity contribution in [2.24, 2.45) is 23.7 Å². The normalized spacial score (nSPS) is 24.2. The molecule has 2 aliphatic rings. The van der Waals surface area contributed by atoms with Crippen molar-refractivity contribution >= 4 is 27.7 Å². The lowest BCUT2D eigenvalue weighted by Crippen LogP contribution is -2.41. The third-order valence-electron chi connectivity index (χ3n) is 7.24. The molecule has 0 bridgehead atoms. The molecule has 0 N–H and O–H groups in total. The Morgan fingerprint density at radius 1 is 1.09 bits per heavy atom. The summed E-state index contributed by atoms with van der Waals surface area (Å²) in [5.74, 6) is -0.501. The second-order valence-corrected chi connectivity index (χ2v) is 12.2. The molecule has 3 atom stereocenters. The molecule has 35 heavy (non-hydrogen) atoms. The largest absolute Gasteiger partial charge is 0.460 e. The van der Waals surface area contributed by atoms with Crippen LogP contribution in [-0.2, 0) is 29.1 Å². The van der Waals surface area contributed by atoms with Gasteiger partial charge in [-0.3, -0.25) is 9.59 Å². The van der Waals surface area contributed by atoms with Gasteiger partial charge in [-0.05, 0) is 62.5 Å². The molecule has 3 rings (SSSR count). The first-order valence-electron chi connectivity index (χ1n) is 12.5. The van der Waals surface area contributed by atoms with Crippen LogP contribution in [0, 0.1) is 23.7 Å². The Bertz CT molecular complexity index is 1030. The number of hydrogen-bond donors (Lipinski definition) is 0. The molecule has 0 radical (unpaired) electrons. The van der Waals surface area contributed by atoms with Crippen molar-refractivity contribution in [2.45, 2.75) is 70.8 Å². The highest BCUT2D eigenvalue weighted by atomic mass is 32.2. The van der Waals surface area contributed by atoms with Crippen LogP contribution in [0.4, 0.5) is 0 Å². The van der Waals surface area contributed by atoms with Crippen LogP contribution in [0.5, 0.6) is 0 Å². The highest BCUT2D eigenvalue weighted by Crippen LogP contribution is 2.35. The molecule has 1 saturated carbocycles. The number of sulfonamides is 1. The number of benzene rings is 1.